The Morgan fingerprint density at radius 1 is 1.17 bits per heavy atom. The molecule has 0 aliphatic carbocycles. The van der Waals surface area contributed by atoms with Gasteiger partial charge in [0.15, 0.2) is 6.29 Å². The molecular weight excluding hydrogens is 389 g/mol. The van der Waals surface area contributed by atoms with E-state index >= 15 is 0 Å². The molecule has 0 saturated heterocycles. The summed E-state index contributed by atoms with van der Waals surface area (Å²) in [5, 5.41) is 4.93. The first kappa shape index (κ1) is 25.0. The minimum atomic E-state index is -4.62. The fourth-order valence-corrected chi connectivity index (χ4v) is 2.78. The summed E-state index contributed by atoms with van der Waals surface area (Å²) in [5.74, 6) is 0.0948. The molecule has 2 amide bonds. The summed E-state index contributed by atoms with van der Waals surface area (Å²) < 4.78 is 55.3. The van der Waals surface area contributed by atoms with Crippen molar-refractivity contribution in [3.8, 4) is 5.75 Å². The van der Waals surface area contributed by atoms with E-state index in [-0.39, 0.29) is 29.7 Å². The number of nitrogens with one attached hydrogen (secondary N) is 2. The number of amides is 2. The van der Waals surface area contributed by atoms with Crippen molar-refractivity contribution in [1.29, 1.82) is 0 Å². The second-order valence-corrected chi connectivity index (χ2v) is 7.40. The molecule has 29 heavy (non-hydrogen) atoms. The highest BCUT2D eigenvalue weighted by Gasteiger charge is 2.34. The first-order chi connectivity index (χ1) is 13.5. The number of hydrogen-bond donors (Lipinski definition) is 2. The quantitative estimate of drug-likeness (QED) is 0.492. The molecule has 1 rings (SSSR count). The number of benzene rings is 1. The van der Waals surface area contributed by atoms with Gasteiger partial charge in [-0.2, -0.15) is 13.2 Å². The maximum Gasteiger partial charge on any atom is 0.418 e. The number of hydrogen-bond acceptors (Lipinski definition) is 4. The van der Waals surface area contributed by atoms with Crippen LogP contribution in [-0.2, 0) is 15.7 Å². The molecule has 0 heterocycles. The van der Waals surface area contributed by atoms with E-state index in [1.54, 1.807) is 21.1 Å². The number of carbonyl (C=O) groups excluding carboxylic acids is 1. The number of ether oxygens (including phenoxy) is 3. The van der Waals surface area contributed by atoms with Crippen molar-refractivity contribution >= 4 is 11.7 Å². The molecule has 0 saturated carbocycles. The zero-order valence-electron chi connectivity index (χ0n) is 17.6. The molecule has 166 valence electrons. The van der Waals surface area contributed by atoms with E-state index in [2.05, 4.69) is 10.6 Å². The van der Waals surface area contributed by atoms with E-state index in [9.17, 15) is 18.0 Å². The Morgan fingerprint density at radius 2 is 1.83 bits per heavy atom. The smallest absolute Gasteiger partial charge is 0.418 e. The van der Waals surface area contributed by atoms with E-state index in [1.165, 1.54) is 12.1 Å². The van der Waals surface area contributed by atoms with Crippen molar-refractivity contribution in [3.63, 3.8) is 0 Å². The minimum absolute atomic E-state index is 0.0948. The molecule has 6 nitrogen and oxygen atoms in total. The monoisotopic (exact) mass is 420 g/mol. The predicted octanol–water partition coefficient (Wildman–Crippen LogP) is 5.04. The summed E-state index contributed by atoms with van der Waals surface area (Å²) in [6, 6.07) is 2.76. The Morgan fingerprint density at radius 3 is 2.38 bits per heavy atom. The Kier molecular flexibility index (Phi) is 9.72. The zero-order chi connectivity index (χ0) is 22.1. The standard InChI is InChI=1S/C20H31F3N2O4/c1-6-29-14-9-10-16(15(12-14)20(21,22)23)25-18(26)24-13-19(2,3)11-7-8-17(27-4)28-5/h9-10,12,17H,6-8,11,13H2,1-5H3,(H2,24,25,26). The molecule has 9 heteroatoms. The molecule has 0 atom stereocenters. The van der Waals surface area contributed by atoms with Gasteiger partial charge in [0.1, 0.15) is 5.75 Å². The zero-order valence-corrected chi connectivity index (χ0v) is 17.6. The topological polar surface area (TPSA) is 68.8 Å². The molecule has 0 aromatic heterocycles. The largest absolute Gasteiger partial charge is 0.494 e. The van der Waals surface area contributed by atoms with Crippen LogP contribution in [0, 0.1) is 5.41 Å². The van der Waals surface area contributed by atoms with E-state index in [4.69, 9.17) is 14.2 Å². The van der Waals surface area contributed by atoms with Crippen LogP contribution < -0.4 is 15.4 Å². The first-order valence-electron chi connectivity index (χ1n) is 9.47. The van der Waals surface area contributed by atoms with Gasteiger partial charge in [-0.1, -0.05) is 13.8 Å². The number of anilines is 1. The third kappa shape index (κ3) is 8.91. The summed E-state index contributed by atoms with van der Waals surface area (Å²) in [6.45, 7) is 6.18. The van der Waals surface area contributed by atoms with Crippen LogP contribution in [0.3, 0.4) is 0 Å². The molecule has 1 aromatic carbocycles. The van der Waals surface area contributed by atoms with Gasteiger partial charge in [-0.15, -0.1) is 0 Å². The van der Waals surface area contributed by atoms with Crippen molar-refractivity contribution in [2.24, 2.45) is 5.41 Å². The Balaban J connectivity index is 2.65. The Bertz CT molecular complexity index is 647. The maximum absolute atomic E-state index is 13.3. The molecule has 0 radical (unpaired) electrons. The molecule has 0 bridgehead atoms. The summed E-state index contributed by atoms with van der Waals surface area (Å²) in [6.07, 6.45) is -2.58. The molecule has 1 aromatic rings. The SMILES string of the molecule is CCOc1ccc(NC(=O)NCC(C)(C)CCCC(OC)OC)c(C(F)(F)F)c1. The lowest BCUT2D eigenvalue weighted by Crippen LogP contribution is -2.37. The highest BCUT2D eigenvalue weighted by molar-refractivity contribution is 5.90. The second kappa shape index (κ2) is 11.3. The lowest BCUT2D eigenvalue weighted by Gasteiger charge is -2.26. The van der Waals surface area contributed by atoms with Crippen LogP contribution in [0.25, 0.3) is 0 Å². The number of halogens is 3. The average Bonchev–Trinajstić information content (AvgIpc) is 2.64. The van der Waals surface area contributed by atoms with Crippen LogP contribution in [-0.4, -0.2) is 39.7 Å². The van der Waals surface area contributed by atoms with Gasteiger partial charge in [-0.25, -0.2) is 4.79 Å². The number of methoxy groups -OCH3 is 2. The van der Waals surface area contributed by atoms with Crippen LogP contribution in [0.2, 0.25) is 0 Å². The van der Waals surface area contributed by atoms with Gasteiger partial charge in [0.25, 0.3) is 0 Å². The first-order valence-corrected chi connectivity index (χ1v) is 9.47. The number of carbonyl (C=O) groups is 1. The van der Waals surface area contributed by atoms with Crippen molar-refractivity contribution in [1.82, 2.24) is 5.32 Å². The van der Waals surface area contributed by atoms with Gasteiger partial charge in [0.05, 0.1) is 17.9 Å². The average molecular weight is 420 g/mol. The number of rotatable bonds is 11. The van der Waals surface area contributed by atoms with Gasteiger partial charge in [0.2, 0.25) is 0 Å². The fourth-order valence-electron chi connectivity index (χ4n) is 2.78. The van der Waals surface area contributed by atoms with Crippen LogP contribution in [0.1, 0.15) is 45.6 Å². The van der Waals surface area contributed by atoms with Gasteiger partial charge in [-0.05, 0) is 49.8 Å². The molecule has 0 aliphatic heterocycles. The number of urea groups is 1. The van der Waals surface area contributed by atoms with Gasteiger partial charge >= 0.3 is 12.2 Å². The summed E-state index contributed by atoms with van der Waals surface area (Å²) in [7, 11) is 3.14. The van der Waals surface area contributed by atoms with Crippen LogP contribution >= 0.6 is 0 Å². The highest BCUT2D eigenvalue weighted by atomic mass is 19.4. The van der Waals surface area contributed by atoms with E-state index < -0.39 is 17.8 Å². The lowest BCUT2D eigenvalue weighted by atomic mass is 9.87. The molecule has 0 fully saturated rings. The van der Waals surface area contributed by atoms with Gasteiger partial charge in [-0.3, -0.25) is 0 Å². The Hall–Kier alpha value is -2.00. The molecule has 0 unspecified atom stereocenters. The summed E-state index contributed by atoms with van der Waals surface area (Å²) in [5.41, 5.74) is -1.52. The second-order valence-electron chi connectivity index (χ2n) is 7.40. The normalized spacial score (nSPS) is 12.2. The van der Waals surface area contributed by atoms with Crippen molar-refractivity contribution in [2.75, 3.05) is 32.7 Å². The lowest BCUT2D eigenvalue weighted by molar-refractivity contribution is -0.137. The van der Waals surface area contributed by atoms with E-state index in [1.807, 2.05) is 13.8 Å². The highest BCUT2D eigenvalue weighted by Crippen LogP contribution is 2.37. The molecule has 2 N–H and O–H groups in total. The third-order valence-corrected chi connectivity index (χ3v) is 4.40. The van der Waals surface area contributed by atoms with Crippen LogP contribution in [0.4, 0.5) is 23.7 Å². The van der Waals surface area contributed by atoms with Crippen LogP contribution in [0.15, 0.2) is 18.2 Å². The van der Waals surface area contributed by atoms with Crippen molar-refractivity contribution in [3.05, 3.63) is 23.8 Å². The molecular formula is C20H31F3N2O4. The Labute approximate surface area is 170 Å². The maximum atomic E-state index is 13.3. The molecule has 0 spiro atoms. The summed E-state index contributed by atoms with van der Waals surface area (Å²) in [4.78, 5) is 12.2. The van der Waals surface area contributed by atoms with Crippen LogP contribution in [0.5, 0.6) is 5.75 Å². The van der Waals surface area contributed by atoms with Crippen molar-refractivity contribution < 1.29 is 32.2 Å². The predicted molar refractivity (Wildman–Crippen MR) is 105 cm³/mol. The van der Waals surface area contributed by atoms with E-state index in [0.717, 1.165) is 18.9 Å². The molecule has 0 aliphatic rings. The van der Waals surface area contributed by atoms with Crippen molar-refractivity contribution in [2.45, 2.75) is 52.5 Å². The number of alkyl halides is 3. The summed E-state index contributed by atoms with van der Waals surface area (Å²) >= 11 is 0. The van der Waals surface area contributed by atoms with Gasteiger partial charge in [0, 0.05) is 20.8 Å². The minimum Gasteiger partial charge on any atom is -0.494 e. The van der Waals surface area contributed by atoms with E-state index in [0.29, 0.717) is 13.0 Å². The fraction of sp³-hybridized carbons (Fsp3) is 0.650. The van der Waals surface area contributed by atoms with Gasteiger partial charge < -0.3 is 24.8 Å². The third-order valence-electron chi connectivity index (χ3n) is 4.40.